The summed E-state index contributed by atoms with van der Waals surface area (Å²) < 4.78 is 0. The minimum Gasteiger partial charge on any atom is -0.387 e. The number of amides is 1. The Balaban J connectivity index is 1.97. The lowest BCUT2D eigenvalue weighted by Crippen LogP contribution is -2.44. The molecule has 2 aromatic rings. The smallest absolute Gasteiger partial charge is 0.221 e. The van der Waals surface area contributed by atoms with Crippen LogP contribution in [-0.4, -0.2) is 16.6 Å². The number of anilines is 1. The Hall–Kier alpha value is -2.17. The Morgan fingerprint density at radius 1 is 1.09 bits per heavy atom. The lowest BCUT2D eigenvalue weighted by atomic mass is 9.91. The lowest BCUT2D eigenvalue weighted by molar-refractivity contribution is -0.114. The summed E-state index contributed by atoms with van der Waals surface area (Å²) in [6.07, 6.45) is -0.595. The normalized spacial score (nSPS) is 12.7. The van der Waals surface area contributed by atoms with E-state index in [0.29, 0.717) is 6.54 Å². The van der Waals surface area contributed by atoms with E-state index in [4.69, 9.17) is 0 Å². The van der Waals surface area contributed by atoms with E-state index >= 15 is 0 Å². The molecule has 1 amide bonds. The fourth-order valence-electron chi connectivity index (χ4n) is 2.39. The molecule has 23 heavy (non-hydrogen) atoms. The van der Waals surface area contributed by atoms with Crippen LogP contribution >= 0.6 is 0 Å². The Kier molecular flexibility index (Phi) is 5.53. The average Bonchev–Trinajstić information content (AvgIpc) is 2.54. The van der Waals surface area contributed by atoms with Crippen LogP contribution in [0.1, 0.15) is 38.0 Å². The van der Waals surface area contributed by atoms with Gasteiger partial charge in [0.1, 0.15) is 0 Å². The molecule has 0 aliphatic heterocycles. The van der Waals surface area contributed by atoms with Gasteiger partial charge in [-0.2, -0.15) is 0 Å². The second kappa shape index (κ2) is 7.40. The molecule has 4 heteroatoms. The Morgan fingerprint density at radius 3 is 2.26 bits per heavy atom. The molecule has 2 rings (SSSR count). The molecular weight excluding hydrogens is 288 g/mol. The second-order valence-corrected chi connectivity index (χ2v) is 6.27. The topological polar surface area (TPSA) is 61.4 Å². The number of hydrogen-bond donors (Lipinski definition) is 3. The summed E-state index contributed by atoms with van der Waals surface area (Å²) in [4.78, 5) is 11.0. The van der Waals surface area contributed by atoms with Crippen molar-refractivity contribution in [3.63, 3.8) is 0 Å². The molecule has 4 nitrogen and oxygen atoms in total. The van der Waals surface area contributed by atoms with E-state index in [0.717, 1.165) is 16.8 Å². The molecule has 1 atom stereocenters. The van der Waals surface area contributed by atoms with E-state index in [1.54, 1.807) is 0 Å². The van der Waals surface area contributed by atoms with Crippen LogP contribution in [0.15, 0.2) is 54.6 Å². The first-order valence-electron chi connectivity index (χ1n) is 7.73. The summed E-state index contributed by atoms with van der Waals surface area (Å²) in [6.45, 7) is 6.09. The van der Waals surface area contributed by atoms with Crippen molar-refractivity contribution < 1.29 is 9.90 Å². The summed E-state index contributed by atoms with van der Waals surface area (Å²) in [5.41, 5.74) is 2.31. The highest BCUT2D eigenvalue weighted by atomic mass is 16.3. The predicted octanol–water partition coefficient (Wildman–Crippen LogP) is 3.25. The molecule has 0 saturated carbocycles. The SMILES string of the molecule is CC(=O)Nc1ccc(CNC(C)(C)C(O)c2ccccc2)cc1. The Morgan fingerprint density at radius 2 is 1.70 bits per heavy atom. The molecule has 0 aliphatic rings. The molecule has 0 saturated heterocycles. The molecule has 3 N–H and O–H groups in total. The van der Waals surface area contributed by atoms with Crippen LogP contribution in [0.5, 0.6) is 0 Å². The third-order valence-corrected chi connectivity index (χ3v) is 3.82. The highest BCUT2D eigenvalue weighted by molar-refractivity contribution is 5.88. The first-order chi connectivity index (χ1) is 10.9. The minimum absolute atomic E-state index is 0.0806. The van der Waals surface area contributed by atoms with Crippen LogP contribution in [0.3, 0.4) is 0 Å². The number of rotatable bonds is 6. The maximum atomic E-state index is 11.0. The summed E-state index contributed by atoms with van der Waals surface area (Å²) >= 11 is 0. The molecule has 2 aromatic carbocycles. The van der Waals surface area contributed by atoms with Crippen molar-refractivity contribution in [1.29, 1.82) is 0 Å². The van der Waals surface area contributed by atoms with Gasteiger partial charge in [-0.15, -0.1) is 0 Å². The molecule has 122 valence electrons. The maximum absolute atomic E-state index is 11.0. The largest absolute Gasteiger partial charge is 0.387 e. The summed E-state index contributed by atoms with van der Waals surface area (Å²) in [5.74, 6) is -0.0806. The molecule has 0 fully saturated rings. The van der Waals surface area contributed by atoms with E-state index in [9.17, 15) is 9.90 Å². The second-order valence-electron chi connectivity index (χ2n) is 6.27. The molecule has 0 spiro atoms. The van der Waals surface area contributed by atoms with Crippen LogP contribution in [0.25, 0.3) is 0 Å². The van der Waals surface area contributed by atoms with Gasteiger partial charge in [0, 0.05) is 24.7 Å². The fourth-order valence-corrected chi connectivity index (χ4v) is 2.39. The zero-order valence-electron chi connectivity index (χ0n) is 13.8. The molecular formula is C19H24N2O2. The van der Waals surface area contributed by atoms with Gasteiger partial charge in [-0.05, 0) is 37.1 Å². The van der Waals surface area contributed by atoms with Gasteiger partial charge < -0.3 is 15.7 Å². The van der Waals surface area contributed by atoms with Gasteiger partial charge in [-0.25, -0.2) is 0 Å². The van der Waals surface area contributed by atoms with Crippen LogP contribution in [0.4, 0.5) is 5.69 Å². The fraction of sp³-hybridized carbons (Fsp3) is 0.316. The number of hydrogen-bond acceptors (Lipinski definition) is 3. The molecule has 0 bridgehead atoms. The van der Waals surface area contributed by atoms with Gasteiger partial charge in [0.2, 0.25) is 5.91 Å². The van der Waals surface area contributed by atoms with Gasteiger partial charge in [0.15, 0.2) is 0 Å². The molecule has 0 aliphatic carbocycles. The van der Waals surface area contributed by atoms with E-state index < -0.39 is 11.6 Å². The van der Waals surface area contributed by atoms with Crippen molar-refractivity contribution in [2.75, 3.05) is 5.32 Å². The summed E-state index contributed by atoms with van der Waals surface area (Å²) in [7, 11) is 0. The molecule has 1 unspecified atom stereocenters. The third-order valence-electron chi connectivity index (χ3n) is 3.82. The monoisotopic (exact) mass is 312 g/mol. The average molecular weight is 312 g/mol. The zero-order chi connectivity index (χ0) is 16.9. The van der Waals surface area contributed by atoms with Gasteiger partial charge in [0.05, 0.1) is 6.10 Å². The van der Waals surface area contributed by atoms with E-state index in [1.807, 2.05) is 68.4 Å². The summed E-state index contributed by atoms with van der Waals surface area (Å²) in [6, 6.07) is 17.3. The number of aliphatic hydroxyl groups excluding tert-OH is 1. The predicted molar refractivity (Wildman–Crippen MR) is 93.1 cm³/mol. The number of aliphatic hydroxyl groups is 1. The van der Waals surface area contributed by atoms with Gasteiger partial charge in [-0.3, -0.25) is 4.79 Å². The maximum Gasteiger partial charge on any atom is 0.221 e. The van der Waals surface area contributed by atoms with Crippen molar-refractivity contribution in [3.8, 4) is 0 Å². The zero-order valence-corrected chi connectivity index (χ0v) is 13.8. The van der Waals surface area contributed by atoms with Crippen molar-refractivity contribution in [1.82, 2.24) is 5.32 Å². The van der Waals surface area contributed by atoms with Crippen molar-refractivity contribution in [3.05, 3.63) is 65.7 Å². The number of benzene rings is 2. The molecule has 0 radical (unpaired) electrons. The lowest BCUT2D eigenvalue weighted by Gasteiger charge is -2.32. The van der Waals surface area contributed by atoms with Crippen LogP contribution in [0.2, 0.25) is 0 Å². The molecule has 0 heterocycles. The Bertz CT molecular complexity index is 636. The number of carbonyl (C=O) groups excluding carboxylic acids is 1. The van der Waals surface area contributed by atoms with Gasteiger partial charge >= 0.3 is 0 Å². The van der Waals surface area contributed by atoms with Crippen molar-refractivity contribution in [2.24, 2.45) is 0 Å². The van der Waals surface area contributed by atoms with Gasteiger partial charge in [-0.1, -0.05) is 42.5 Å². The number of nitrogens with one attached hydrogen (secondary N) is 2. The highest BCUT2D eigenvalue weighted by Crippen LogP contribution is 2.25. The first kappa shape index (κ1) is 17.2. The summed E-state index contributed by atoms with van der Waals surface area (Å²) in [5, 5.41) is 16.7. The minimum atomic E-state index is -0.595. The van der Waals surface area contributed by atoms with E-state index in [1.165, 1.54) is 6.92 Å². The first-order valence-corrected chi connectivity index (χ1v) is 7.73. The van der Waals surface area contributed by atoms with E-state index in [2.05, 4.69) is 10.6 Å². The van der Waals surface area contributed by atoms with Crippen molar-refractivity contribution in [2.45, 2.75) is 39.0 Å². The molecule has 0 aromatic heterocycles. The highest BCUT2D eigenvalue weighted by Gasteiger charge is 2.28. The number of carbonyl (C=O) groups is 1. The van der Waals surface area contributed by atoms with Crippen LogP contribution in [-0.2, 0) is 11.3 Å². The third kappa shape index (κ3) is 4.91. The Labute approximate surface area is 137 Å². The quantitative estimate of drug-likeness (QED) is 0.767. The van der Waals surface area contributed by atoms with Gasteiger partial charge in [0.25, 0.3) is 0 Å². The van der Waals surface area contributed by atoms with Crippen molar-refractivity contribution >= 4 is 11.6 Å². The van der Waals surface area contributed by atoms with Crippen LogP contribution < -0.4 is 10.6 Å². The van der Waals surface area contributed by atoms with Crippen LogP contribution in [0, 0.1) is 0 Å². The van der Waals surface area contributed by atoms with E-state index in [-0.39, 0.29) is 5.91 Å². The standard InChI is InChI=1S/C19H24N2O2/c1-14(22)21-17-11-9-15(10-12-17)13-20-19(2,3)18(23)16-7-5-4-6-8-16/h4-12,18,20,23H,13H2,1-3H3,(H,21,22).